The number of hydrogen-bond acceptors (Lipinski definition) is 3. The molecule has 0 aliphatic carbocycles. The van der Waals surface area contributed by atoms with E-state index in [4.69, 9.17) is 4.55 Å². The molecule has 0 heterocycles. The normalized spacial score (nSPS) is 15.8. The van der Waals surface area contributed by atoms with E-state index in [1.165, 1.54) is 0 Å². The second-order valence-corrected chi connectivity index (χ2v) is 4.70. The number of alkyl halides is 8. The van der Waals surface area contributed by atoms with Gasteiger partial charge < -0.3 is 6.15 Å². The minimum absolute atomic E-state index is 0. The topological polar surface area (TPSA) is 89.4 Å². The number of rotatable bonds is 5. The zero-order valence-corrected chi connectivity index (χ0v) is 9.71. The molecule has 0 aromatic rings. The first-order valence-corrected chi connectivity index (χ1v) is 5.50. The molecular weight excluding hydrogens is 318 g/mol. The maximum absolute atomic E-state index is 12.6. The largest absolute Gasteiger partial charge is 0.434 e. The third-order valence-electron chi connectivity index (χ3n) is 1.79. The van der Waals surface area contributed by atoms with Crippen molar-refractivity contribution in [3.63, 3.8) is 0 Å². The van der Waals surface area contributed by atoms with Gasteiger partial charge >= 0.3 is 27.5 Å². The van der Waals surface area contributed by atoms with Crippen molar-refractivity contribution in [1.82, 2.24) is 6.15 Å². The molecular formula is C6H9F8NO3S. The third kappa shape index (κ3) is 4.72. The summed E-state index contributed by atoms with van der Waals surface area (Å²) in [5.74, 6) is -5.98. The molecule has 1 unspecified atom stereocenters. The van der Waals surface area contributed by atoms with Crippen molar-refractivity contribution in [2.45, 2.75) is 36.4 Å². The lowest BCUT2D eigenvalue weighted by molar-refractivity contribution is -0.206. The number of halogens is 8. The van der Waals surface area contributed by atoms with Crippen LogP contribution in [-0.2, 0) is 10.1 Å². The zero-order chi connectivity index (χ0) is 15.0. The van der Waals surface area contributed by atoms with E-state index < -0.39 is 46.5 Å². The average molecular weight is 327 g/mol. The van der Waals surface area contributed by atoms with E-state index >= 15 is 0 Å². The Labute approximate surface area is 102 Å². The minimum atomic E-state index is -6.66. The summed E-state index contributed by atoms with van der Waals surface area (Å²) in [4.78, 5) is 0. The van der Waals surface area contributed by atoms with Gasteiger partial charge in [-0.1, -0.05) is 0 Å². The van der Waals surface area contributed by atoms with Crippen molar-refractivity contribution in [3.8, 4) is 0 Å². The Bertz CT molecular complexity index is 392. The van der Waals surface area contributed by atoms with E-state index in [1.54, 1.807) is 0 Å². The highest BCUT2D eigenvalue weighted by Crippen LogP contribution is 2.43. The zero-order valence-electron chi connectivity index (χ0n) is 8.89. The summed E-state index contributed by atoms with van der Waals surface area (Å²) < 4.78 is 125. The highest BCUT2D eigenvalue weighted by atomic mass is 32.2. The molecule has 4 N–H and O–H groups in total. The third-order valence-corrected chi connectivity index (χ3v) is 2.71. The van der Waals surface area contributed by atoms with Crippen molar-refractivity contribution in [2.24, 2.45) is 0 Å². The summed E-state index contributed by atoms with van der Waals surface area (Å²) in [5, 5.41) is -6.22. The van der Waals surface area contributed by atoms with Crippen LogP contribution in [0.5, 0.6) is 0 Å². The molecule has 4 nitrogen and oxygen atoms in total. The summed E-state index contributed by atoms with van der Waals surface area (Å²) in [5.41, 5.74) is 0. The van der Waals surface area contributed by atoms with Gasteiger partial charge in [-0.15, -0.1) is 0 Å². The second-order valence-electron chi connectivity index (χ2n) is 3.24. The molecule has 13 heteroatoms. The van der Waals surface area contributed by atoms with Crippen molar-refractivity contribution in [2.75, 3.05) is 0 Å². The van der Waals surface area contributed by atoms with E-state index in [1.807, 2.05) is 0 Å². The van der Waals surface area contributed by atoms with Gasteiger partial charge in [-0.2, -0.15) is 39.2 Å². The molecule has 0 amide bonds. The maximum atomic E-state index is 12.6. The fourth-order valence-electron chi connectivity index (χ4n) is 0.826. The Morgan fingerprint density at radius 3 is 1.63 bits per heavy atom. The fourth-order valence-corrected chi connectivity index (χ4v) is 1.30. The van der Waals surface area contributed by atoms with Crippen LogP contribution in [-0.4, -0.2) is 36.5 Å². The van der Waals surface area contributed by atoms with Crippen LogP contribution in [0.3, 0.4) is 0 Å². The van der Waals surface area contributed by atoms with E-state index in [9.17, 15) is 43.5 Å². The lowest BCUT2D eigenvalue weighted by Gasteiger charge is -2.26. The molecule has 118 valence electrons. The van der Waals surface area contributed by atoms with Crippen LogP contribution < -0.4 is 6.15 Å². The first kappa shape index (κ1) is 20.6. The first-order chi connectivity index (χ1) is 7.63. The maximum Gasteiger partial charge on any atom is 0.434 e. The minimum Gasteiger partial charge on any atom is -0.344 e. The first-order valence-electron chi connectivity index (χ1n) is 4.06. The van der Waals surface area contributed by atoms with Crippen LogP contribution in [0.4, 0.5) is 35.1 Å². The Morgan fingerprint density at radius 1 is 1.00 bits per heavy atom. The van der Waals surface area contributed by atoms with Crippen LogP contribution in [0.1, 0.15) is 12.8 Å². The van der Waals surface area contributed by atoms with Gasteiger partial charge in [0.25, 0.3) is 0 Å². The van der Waals surface area contributed by atoms with Crippen LogP contribution in [0.15, 0.2) is 0 Å². The average Bonchev–Trinajstić information content (AvgIpc) is 2.10. The van der Waals surface area contributed by atoms with Gasteiger partial charge in [0, 0.05) is 6.42 Å². The predicted molar refractivity (Wildman–Crippen MR) is 46.6 cm³/mol. The van der Waals surface area contributed by atoms with Gasteiger partial charge in [-0.05, 0) is 6.42 Å². The summed E-state index contributed by atoms with van der Waals surface area (Å²) >= 11 is 0. The Morgan fingerprint density at radius 2 is 1.37 bits per heavy atom. The summed E-state index contributed by atoms with van der Waals surface area (Å²) in [6.45, 7) is 0. The van der Waals surface area contributed by atoms with Gasteiger partial charge in [-0.3, -0.25) is 4.55 Å². The van der Waals surface area contributed by atoms with Crippen LogP contribution in [0, 0.1) is 0 Å². The summed E-state index contributed by atoms with van der Waals surface area (Å²) in [6.07, 6.45) is -13.4. The molecule has 0 spiro atoms. The molecule has 19 heavy (non-hydrogen) atoms. The quantitative estimate of drug-likeness (QED) is 0.600. The van der Waals surface area contributed by atoms with Crippen molar-refractivity contribution >= 4 is 10.1 Å². The SMILES string of the molecule is N.O=S(=O)(O)C(F)(F)C(F)(F)C(F)CCC(F)(F)F. The Hall–Kier alpha value is -0.690. The van der Waals surface area contributed by atoms with Crippen molar-refractivity contribution in [1.29, 1.82) is 0 Å². The molecule has 0 saturated heterocycles. The van der Waals surface area contributed by atoms with Gasteiger partial charge in [0.1, 0.15) is 0 Å². The molecule has 0 aliphatic heterocycles. The fraction of sp³-hybridized carbons (Fsp3) is 1.00. The molecule has 0 saturated carbocycles. The summed E-state index contributed by atoms with van der Waals surface area (Å²) in [6, 6.07) is 0. The molecule has 0 aromatic heterocycles. The van der Waals surface area contributed by atoms with Gasteiger partial charge in [0.15, 0.2) is 6.17 Å². The molecule has 0 aromatic carbocycles. The lowest BCUT2D eigenvalue weighted by atomic mass is 10.1. The van der Waals surface area contributed by atoms with Gasteiger partial charge in [0.05, 0.1) is 0 Å². The molecule has 0 radical (unpaired) electrons. The second kappa shape index (κ2) is 5.75. The highest BCUT2D eigenvalue weighted by Gasteiger charge is 2.69. The van der Waals surface area contributed by atoms with Gasteiger partial charge in [0.2, 0.25) is 0 Å². The number of hydrogen-bond donors (Lipinski definition) is 2. The predicted octanol–water partition coefficient (Wildman–Crippen LogP) is 2.94. The van der Waals surface area contributed by atoms with Crippen molar-refractivity contribution < 1.29 is 48.1 Å². The van der Waals surface area contributed by atoms with Crippen LogP contribution >= 0.6 is 0 Å². The standard InChI is InChI=1S/C6H6F8O3S.H3N/c7-3(1-2-4(8,9)10)5(11,12)6(13,14)18(15,16)17;/h3H,1-2H2,(H,15,16,17);1H3. The molecule has 0 bridgehead atoms. The van der Waals surface area contributed by atoms with E-state index in [0.29, 0.717) is 0 Å². The monoisotopic (exact) mass is 327 g/mol. The van der Waals surface area contributed by atoms with Gasteiger partial charge in [-0.25, -0.2) is 4.39 Å². The van der Waals surface area contributed by atoms with E-state index in [2.05, 4.69) is 0 Å². The Kier molecular flexibility index (Phi) is 6.24. The van der Waals surface area contributed by atoms with Crippen LogP contribution in [0.2, 0.25) is 0 Å². The molecule has 1 atom stereocenters. The smallest absolute Gasteiger partial charge is 0.344 e. The summed E-state index contributed by atoms with van der Waals surface area (Å²) in [7, 11) is -6.66. The lowest BCUT2D eigenvalue weighted by Crippen LogP contribution is -2.52. The highest BCUT2D eigenvalue weighted by molar-refractivity contribution is 7.87. The van der Waals surface area contributed by atoms with E-state index in [0.717, 1.165) is 0 Å². The molecule has 0 rings (SSSR count). The van der Waals surface area contributed by atoms with Crippen LogP contribution in [0.25, 0.3) is 0 Å². The van der Waals surface area contributed by atoms with Crippen molar-refractivity contribution in [3.05, 3.63) is 0 Å². The Balaban J connectivity index is 0. The molecule has 0 fully saturated rings. The van der Waals surface area contributed by atoms with E-state index in [-0.39, 0.29) is 6.15 Å². The molecule has 0 aliphatic rings.